The van der Waals surface area contributed by atoms with Crippen LogP contribution in [-0.4, -0.2) is 23.2 Å². The summed E-state index contributed by atoms with van der Waals surface area (Å²) in [6.07, 6.45) is 2.27. The van der Waals surface area contributed by atoms with Crippen molar-refractivity contribution in [3.8, 4) is 0 Å². The molecule has 0 fully saturated rings. The fourth-order valence-electron chi connectivity index (χ4n) is 1.81. The first-order valence-electron chi connectivity index (χ1n) is 6.39. The summed E-state index contributed by atoms with van der Waals surface area (Å²) in [6.45, 7) is 2.90. The van der Waals surface area contributed by atoms with Crippen molar-refractivity contribution in [3.63, 3.8) is 0 Å². The Morgan fingerprint density at radius 1 is 1.33 bits per heavy atom. The second-order valence-electron chi connectivity index (χ2n) is 4.49. The van der Waals surface area contributed by atoms with Crippen molar-refractivity contribution in [2.45, 2.75) is 44.8 Å². The standard InChI is InChI=1S/C14H22N2O2/c1-2-12(8-9-13(15)14(17)18)16-10-11-6-4-3-5-7-11/h3-7,12-13,16H,2,8-10,15H2,1H3,(H,17,18)/t12?,13-/m0/s1. The Labute approximate surface area is 108 Å². The first-order valence-corrected chi connectivity index (χ1v) is 6.39. The van der Waals surface area contributed by atoms with Crippen LogP contribution in [-0.2, 0) is 11.3 Å². The molecule has 0 spiro atoms. The molecule has 0 bridgehead atoms. The van der Waals surface area contributed by atoms with Gasteiger partial charge in [0.05, 0.1) is 0 Å². The maximum Gasteiger partial charge on any atom is 0.320 e. The molecule has 4 N–H and O–H groups in total. The smallest absolute Gasteiger partial charge is 0.320 e. The Hall–Kier alpha value is -1.39. The number of nitrogens with two attached hydrogens (primary N) is 1. The molecule has 0 aromatic heterocycles. The summed E-state index contributed by atoms with van der Waals surface area (Å²) in [5.41, 5.74) is 6.73. The molecule has 0 saturated heterocycles. The minimum Gasteiger partial charge on any atom is -0.480 e. The summed E-state index contributed by atoms with van der Waals surface area (Å²) < 4.78 is 0. The van der Waals surface area contributed by atoms with Gasteiger partial charge in [0, 0.05) is 12.6 Å². The maximum atomic E-state index is 10.6. The number of hydrogen-bond donors (Lipinski definition) is 3. The molecule has 1 unspecified atom stereocenters. The molecule has 0 aliphatic heterocycles. The van der Waals surface area contributed by atoms with E-state index in [4.69, 9.17) is 10.8 Å². The van der Waals surface area contributed by atoms with Crippen LogP contribution in [0.5, 0.6) is 0 Å². The maximum absolute atomic E-state index is 10.6. The highest BCUT2D eigenvalue weighted by molar-refractivity contribution is 5.72. The summed E-state index contributed by atoms with van der Waals surface area (Å²) in [5.74, 6) is -0.923. The van der Waals surface area contributed by atoms with Crippen molar-refractivity contribution in [2.24, 2.45) is 5.73 Å². The van der Waals surface area contributed by atoms with Gasteiger partial charge in [-0.3, -0.25) is 4.79 Å². The predicted molar refractivity (Wildman–Crippen MR) is 72.2 cm³/mol. The molecule has 2 atom stereocenters. The van der Waals surface area contributed by atoms with Crippen LogP contribution in [0.25, 0.3) is 0 Å². The van der Waals surface area contributed by atoms with Gasteiger partial charge in [0.1, 0.15) is 6.04 Å². The molecular formula is C14H22N2O2. The highest BCUT2D eigenvalue weighted by Gasteiger charge is 2.14. The number of carboxylic acids is 1. The van der Waals surface area contributed by atoms with Gasteiger partial charge in [-0.05, 0) is 24.8 Å². The van der Waals surface area contributed by atoms with Gasteiger partial charge in [-0.1, -0.05) is 37.3 Å². The highest BCUT2D eigenvalue weighted by Crippen LogP contribution is 2.06. The van der Waals surface area contributed by atoms with E-state index in [-0.39, 0.29) is 0 Å². The lowest BCUT2D eigenvalue weighted by atomic mass is 10.0. The third kappa shape index (κ3) is 5.29. The second-order valence-corrected chi connectivity index (χ2v) is 4.49. The van der Waals surface area contributed by atoms with Gasteiger partial charge in [0.15, 0.2) is 0 Å². The number of aliphatic carboxylic acids is 1. The monoisotopic (exact) mass is 250 g/mol. The first kappa shape index (κ1) is 14.7. The number of rotatable bonds is 8. The molecule has 1 aromatic carbocycles. The first-order chi connectivity index (χ1) is 8.63. The van der Waals surface area contributed by atoms with Crippen molar-refractivity contribution in [1.82, 2.24) is 5.32 Å². The number of hydrogen-bond acceptors (Lipinski definition) is 3. The molecule has 0 aliphatic carbocycles. The number of nitrogens with one attached hydrogen (secondary N) is 1. The number of carbonyl (C=O) groups is 1. The van der Waals surface area contributed by atoms with Gasteiger partial charge in [-0.25, -0.2) is 0 Å². The SMILES string of the molecule is CCC(CC[C@H](N)C(=O)O)NCc1ccccc1. The molecule has 1 aromatic rings. The van der Waals surface area contributed by atoms with Crippen molar-refractivity contribution in [3.05, 3.63) is 35.9 Å². The lowest BCUT2D eigenvalue weighted by Gasteiger charge is -2.18. The fourth-order valence-corrected chi connectivity index (χ4v) is 1.81. The van der Waals surface area contributed by atoms with E-state index in [2.05, 4.69) is 24.4 Å². The summed E-state index contributed by atoms with van der Waals surface area (Å²) in [4.78, 5) is 10.6. The van der Waals surface area contributed by atoms with Gasteiger partial charge < -0.3 is 16.2 Å². The average Bonchev–Trinajstić information content (AvgIpc) is 2.39. The van der Waals surface area contributed by atoms with Gasteiger partial charge in [-0.2, -0.15) is 0 Å². The summed E-state index contributed by atoms with van der Waals surface area (Å²) >= 11 is 0. The molecule has 0 saturated carbocycles. The van der Waals surface area contributed by atoms with E-state index < -0.39 is 12.0 Å². The molecule has 4 heteroatoms. The van der Waals surface area contributed by atoms with Crippen LogP contribution in [0.2, 0.25) is 0 Å². The van der Waals surface area contributed by atoms with Crippen molar-refractivity contribution in [1.29, 1.82) is 0 Å². The lowest BCUT2D eigenvalue weighted by molar-refractivity contribution is -0.138. The fraction of sp³-hybridized carbons (Fsp3) is 0.500. The van der Waals surface area contributed by atoms with Crippen LogP contribution in [0.1, 0.15) is 31.7 Å². The molecular weight excluding hydrogens is 228 g/mol. The van der Waals surface area contributed by atoms with E-state index in [1.807, 2.05) is 18.2 Å². The summed E-state index contributed by atoms with van der Waals surface area (Å²) in [7, 11) is 0. The summed E-state index contributed by atoms with van der Waals surface area (Å²) in [6, 6.07) is 9.72. The Kier molecular flexibility index (Phi) is 6.39. The Bertz CT molecular complexity index is 354. The van der Waals surface area contributed by atoms with E-state index in [9.17, 15) is 4.79 Å². The van der Waals surface area contributed by atoms with Crippen LogP contribution in [0.4, 0.5) is 0 Å². The highest BCUT2D eigenvalue weighted by atomic mass is 16.4. The number of carboxylic acid groups (broad SMARTS) is 1. The number of benzene rings is 1. The van der Waals surface area contributed by atoms with Gasteiger partial charge in [0.2, 0.25) is 0 Å². The van der Waals surface area contributed by atoms with Crippen molar-refractivity contribution in [2.75, 3.05) is 0 Å². The zero-order valence-corrected chi connectivity index (χ0v) is 10.8. The van der Waals surface area contributed by atoms with Gasteiger partial charge >= 0.3 is 5.97 Å². The van der Waals surface area contributed by atoms with E-state index in [1.165, 1.54) is 5.56 Å². The zero-order valence-electron chi connectivity index (χ0n) is 10.8. The third-order valence-electron chi connectivity index (χ3n) is 3.07. The molecule has 100 valence electrons. The minimum atomic E-state index is -0.923. The minimum absolute atomic E-state index is 0.315. The van der Waals surface area contributed by atoms with Crippen LogP contribution in [0, 0.1) is 0 Å². The molecule has 4 nitrogen and oxygen atoms in total. The Morgan fingerprint density at radius 3 is 2.56 bits per heavy atom. The van der Waals surface area contributed by atoms with Crippen LogP contribution in [0.15, 0.2) is 30.3 Å². The quantitative estimate of drug-likeness (QED) is 0.657. The van der Waals surface area contributed by atoms with E-state index >= 15 is 0 Å². The van der Waals surface area contributed by atoms with E-state index in [0.29, 0.717) is 12.5 Å². The molecule has 1 rings (SSSR count). The van der Waals surface area contributed by atoms with Gasteiger partial charge in [-0.15, -0.1) is 0 Å². The molecule has 0 aliphatic rings. The summed E-state index contributed by atoms with van der Waals surface area (Å²) in [5, 5.41) is 12.2. The van der Waals surface area contributed by atoms with Crippen molar-refractivity contribution >= 4 is 5.97 Å². The Balaban J connectivity index is 2.32. The normalized spacial score (nSPS) is 14.1. The predicted octanol–water partition coefficient (Wildman–Crippen LogP) is 1.75. The van der Waals surface area contributed by atoms with Crippen molar-refractivity contribution < 1.29 is 9.90 Å². The molecule has 18 heavy (non-hydrogen) atoms. The molecule has 0 amide bonds. The average molecular weight is 250 g/mol. The Morgan fingerprint density at radius 2 is 2.00 bits per heavy atom. The molecule has 0 heterocycles. The van der Waals surface area contributed by atoms with Gasteiger partial charge in [0.25, 0.3) is 0 Å². The third-order valence-corrected chi connectivity index (χ3v) is 3.07. The largest absolute Gasteiger partial charge is 0.480 e. The van der Waals surface area contributed by atoms with Crippen LogP contribution < -0.4 is 11.1 Å². The van der Waals surface area contributed by atoms with Crippen LogP contribution in [0.3, 0.4) is 0 Å². The molecule has 0 radical (unpaired) electrons. The zero-order chi connectivity index (χ0) is 13.4. The topological polar surface area (TPSA) is 75.4 Å². The van der Waals surface area contributed by atoms with Crippen LogP contribution >= 0.6 is 0 Å². The van der Waals surface area contributed by atoms with E-state index in [1.54, 1.807) is 0 Å². The second kappa shape index (κ2) is 7.84. The lowest BCUT2D eigenvalue weighted by Crippen LogP contribution is -2.34. The van der Waals surface area contributed by atoms with E-state index in [0.717, 1.165) is 19.4 Å².